The van der Waals surface area contributed by atoms with Crippen molar-refractivity contribution < 1.29 is 0 Å². The summed E-state index contributed by atoms with van der Waals surface area (Å²) in [5.41, 5.74) is 5.23. The number of nitrogens with two attached hydrogens (primary N) is 1. The van der Waals surface area contributed by atoms with Crippen LogP contribution in [0.15, 0.2) is 15.7 Å². The minimum Gasteiger partial charge on any atom is -0.385 e. The third-order valence-electron chi connectivity index (χ3n) is 4.75. The molecule has 1 aromatic heterocycles. The molecular weight excluding hydrogens is 218 g/mol. The number of hydrogen-bond donors (Lipinski definition) is 2. The number of aromatic nitrogens is 2. The van der Waals surface area contributed by atoms with E-state index in [2.05, 4.69) is 32.7 Å². The molecule has 1 fully saturated rings. The second-order valence-corrected chi connectivity index (χ2v) is 5.97. The van der Waals surface area contributed by atoms with Gasteiger partial charge in [0.1, 0.15) is 5.82 Å². The summed E-state index contributed by atoms with van der Waals surface area (Å²) < 4.78 is 1.45. The normalized spacial score (nSPS) is 21.4. The zero-order valence-electron chi connectivity index (χ0n) is 10.7. The summed E-state index contributed by atoms with van der Waals surface area (Å²) in [5, 5.41) is 0. The molecule has 17 heavy (non-hydrogen) atoms. The van der Waals surface area contributed by atoms with Crippen molar-refractivity contribution >= 4 is 5.82 Å². The topological polar surface area (TPSA) is 80.9 Å². The molecule has 5 nitrogen and oxygen atoms in total. The van der Waals surface area contributed by atoms with Gasteiger partial charge in [-0.1, -0.05) is 27.7 Å². The fraction of sp³-hybridized carbons (Fsp3) is 0.667. The van der Waals surface area contributed by atoms with Crippen molar-refractivity contribution in [2.75, 3.05) is 5.73 Å². The van der Waals surface area contributed by atoms with Crippen LogP contribution in [0.3, 0.4) is 0 Å². The number of nitrogens with zero attached hydrogens (tertiary/aromatic N) is 1. The van der Waals surface area contributed by atoms with Crippen molar-refractivity contribution in [1.82, 2.24) is 9.55 Å². The lowest BCUT2D eigenvalue weighted by Crippen LogP contribution is -2.32. The Hall–Kier alpha value is -1.52. The van der Waals surface area contributed by atoms with E-state index in [1.807, 2.05) is 0 Å². The van der Waals surface area contributed by atoms with Gasteiger partial charge in [-0.2, -0.15) is 0 Å². The van der Waals surface area contributed by atoms with Crippen LogP contribution in [-0.2, 0) is 6.54 Å². The van der Waals surface area contributed by atoms with E-state index in [0.29, 0.717) is 12.5 Å². The maximum Gasteiger partial charge on any atom is 0.329 e. The first-order valence-corrected chi connectivity index (χ1v) is 5.77. The summed E-state index contributed by atoms with van der Waals surface area (Å²) in [6.07, 6.45) is 0. The number of nitrogens with one attached hydrogen (secondary N) is 1. The Labute approximate surface area is 99.7 Å². The highest BCUT2D eigenvalue weighted by molar-refractivity contribution is 5.27. The summed E-state index contributed by atoms with van der Waals surface area (Å²) in [5.74, 6) is 0.623. The molecule has 94 valence electrons. The summed E-state index contributed by atoms with van der Waals surface area (Å²) in [6, 6.07) is 1.25. The SMILES string of the molecule is CC1(C)C(Cn2c(N)cc(=O)[nH]c2=O)C1(C)C. The number of hydrogen-bond acceptors (Lipinski definition) is 3. The Morgan fingerprint density at radius 1 is 1.29 bits per heavy atom. The van der Waals surface area contributed by atoms with Crippen molar-refractivity contribution in [2.24, 2.45) is 16.7 Å². The van der Waals surface area contributed by atoms with E-state index < -0.39 is 11.2 Å². The van der Waals surface area contributed by atoms with Gasteiger partial charge in [-0.05, 0) is 16.7 Å². The smallest absolute Gasteiger partial charge is 0.329 e. The number of H-pyrrole nitrogens is 1. The van der Waals surface area contributed by atoms with Gasteiger partial charge in [0.2, 0.25) is 0 Å². The molecule has 1 heterocycles. The highest BCUT2D eigenvalue weighted by Gasteiger charge is 2.64. The molecule has 0 unspecified atom stereocenters. The molecule has 0 atom stereocenters. The van der Waals surface area contributed by atoms with Crippen molar-refractivity contribution in [3.05, 3.63) is 26.9 Å². The van der Waals surface area contributed by atoms with Gasteiger partial charge in [0.25, 0.3) is 5.56 Å². The molecule has 0 bridgehead atoms. The van der Waals surface area contributed by atoms with Crippen LogP contribution in [-0.4, -0.2) is 9.55 Å². The monoisotopic (exact) mass is 237 g/mol. The van der Waals surface area contributed by atoms with E-state index in [0.717, 1.165) is 0 Å². The molecular formula is C12H19N3O2. The van der Waals surface area contributed by atoms with Gasteiger partial charge in [0.05, 0.1) is 0 Å². The lowest BCUT2D eigenvalue weighted by atomic mass is 10.0. The molecule has 0 saturated heterocycles. The average molecular weight is 237 g/mol. The predicted octanol–water partition coefficient (Wildman–Crippen LogP) is 0.801. The van der Waals surface area contributed by atoms with Crippen LogP contribution < -0.4 is 17.0 Å². The van der Waals surface area contributed by atoms with Crippen molar-refractivity contribution in [1.29, 1.82) is 0 Å². The van der Waals surface area contributed by atoms with E-state index in [1.165, 1.54) is 10.6 Å². The van der Waals surface area contributed by atoms with Gasteiger partial charge >= 0.3 is 5.69 Å². The van der Waals surface area contributed by atoms with Gasteiger partial charge in [-0.15, -0.1) is 0 Å². The summed E-state index contributed by atoms with van der Waals surface area (Å²) >= 11 is 0. The number of nitrogen functional groups attached to an aromatic ring is 1. The van der Waals surface area contributed by atoms with Crippen molar-refractivity contribution in [3.63, 3.8) is 0 Å². The quantitative estimate of drug-likeness (QED) is 0.798. The summed E-state index contributed by atoms with van der Waals surface area (Å²) in [7, 11) is 0. The second-order valence-electron chi connectivity index (χ2n) is 5.97. The van der Waals surface area contributed by atoms with Crippen LogP contribution in [0.4, 0.5) is 5.82 Å². The molecule has 0 aromatic carbocycles. The third kappa shape index (κ3) is 1.61. The fourth-order valence-corrected chi connectivity index (χ4v) is 2.70. The van der Waals surface area contributed by atoms with Gasteiger partial charge in [0.15, 0.2) is 0 Å². The maximum absolute atomic E-state index is 11.7. The van der Waals surface area contributed by atoms with E-state index in [1.54, 1.807) is 0 Å². The van der Waals surface area contributed by atoms with E-state index in [-0.39, 0.29) is 16.6 Å². The number of anilines is 1. The lowest BCUT2D eigenvalue weighted by Gasteiger charge is -2.09. The lowest BCUT2D eigenvalue weighted by molar-refractivity contribution is 0.457. The molecule has 1 aliphatic rings. The number of rotatable bonds is 2. The summed E-state index contributed by atoms with van der Waals surface area (Å²) in [6.45, 7) is 9.30. The van der Waals surface area contributed by atoms with E-state index in [4.69, 9.17) is 5.73 Å². The third-order valence-corrected chi connectivity index (χ3v) is 4.75. The van der Waals surface area contributed by atoms with E-state index in [9.17, 15) is 9.59 Å². The Balaban J connectivity index is 2.34. The van der Waals surface area contributed by atoms with Crippen LogP contribution in [0.2, 0.25) is 0 Å². The molecule has 0 radical (unpaired) electrons. The number of aromatic amines is 1. The molecule has 0 amide bonds. The zero-order valence-corrected chi connectivity index (χ0v) is 10.7. The Morgan fingerprint density at radius 2 is 1.82 bits per heavy atom. The van der Waals surface area contributed by atoms with Gasteiger partial charge in [-0.3, -0.25) is 14.3 Å². The highest BCUT2D eigenvalue weighted by Crippen LogP contribution is 2.68. The maximum atomic E-state index is 11.7. The second kappa shape index (κ2) is 3.24. The van der Waals surface area contributed by atoms with Gasteiger partial charge in [-0.25, -0.2) is 4.79 Å². The largest absolute Gasteiger partial charge is 0.385 e. The highest BCUT2D eigenvalue weighted by atomic mass is 16.2. The van der Waals surface area contributed by atoms with Crippen LogP contribution >= 0.6 is 0 Å². The molecule has 1 aromatic rings. The molecule has 1 saturated carbocycles. The zero-order chi connectivity index (χ0) is 13.0. The Bertz CT molecular complexity index is 552. The van der Waals surface area contributed by atoms with E-state index >= 15 is 0 Å². The molecule has 0 aliphatic heterocycles. The fourth-order valence-electron chi connectivity index (χ4n) is 2.70. The first-order valence-electron chi connectivity index (χ1n) is 5.77. The van der Waals surface area contributed by atoms with Crippen LogP contribution in [0.25, 0.3) is 0 Å². The molecule has 1 aliphatic carbocycles. The van der Waals surface area contributed by atoms with Crippen LogP contribution in [0.5, 0.6) is 0 Å². The molecule has 0 spiro atoms. The minimum absolute atomic E-state index is 0.190. The van der Waals surface area contributed by atoms with Crippen LogP contribution in [0, 0.1) is 16.7 Å². The first-order chi connectivity index (χ1) is 7.68. The average Bonchev–Trinajstić information content (AvgIpc) is 2.51. The molecule has 5 heteroatoms. The van der Waals surface area contributed by atoms with Crippen molar-refractivity contribution in [3.8, 4) is 0 Å². The van der Waals surface area contributed by atoms with Gasteiger partial charge in [0, 0.05) is 12.6 Å². The standard InChI is InChI=1S/C12H19N3O2/c1-11(2)7(12(11,3)4)6-15-8(13)5-9(16)14-10(15)17/h5,7H,6,13H2,1-4H3,(H,14,16,17). The van der Waals surface area contributed by atoms with Gasteiger partial charge < -0.3 is 5.73 Å². The summed E-state index contributed by atoms with van der Waals surface area (Å²) in [4.78, 5) is 25.0. The van der Waals surface area contributed by atoms with Crippen molar-refractivity contribution in [2.45, 2.75) is 34.2 Å². The molecule has 2 rings (SSSR count). The minimum atomic E-state index is -0.446. The molecule has 3 N–H and O–H groups in total. The first kappa shape index (κ1) is 12.0. The Kier molecular flexibility index (Phi) is 2.28. The Morgan fingerprint density at radius 3 is 2.24 bits per heavy atom. The predicted molar refractivity (Wildman–Crippen MR) is 66.8 cm³/mol. The van der Waals surface area contributed by atoms with Crippen LogP contribution in [0.1, 0.15) is 27.7 Å².